The number of phenolic OH excluding ortho intramolecular Hbond substituents is 1. The summed E-state index contributed by atoms with van der Waals surface area (Å²) in [6, 6.07) is 7.09. The number of para-hydroxylation sites is 1. The van der Waals surface area contributed by atoms with Gasteiger partial charge < -0.3 is 10.2 Å². The minimum atomic E-state index is -0.118. The standard InChI is InChI=1S/C11H13N3O2/c1-8-10(7-15)12-13-14(8)6-9-4-2-3-5-11(9)16/h2-5,15-16H,6-7H2,1H3. The second kappa shape index (κ2) is 4.32. The van der Waals surface area contributed by atoms with Gasteiger partial charge in [0, 0.05) is 5.56 Å². The number of aromatic hydroxyl groups is 1. The van der Waals surface area contributed by atoms with E-state index in [0.29, 0.717) is 12.2 Å². The number of phenols is 1. The second-order valence-electron chi connectivity index (χ2n) is 3.57. The van der Waals surface area contributed by atoms with E-state index in [2.05, 4.69) is 10.3 Å². The smallest absolute Gasteiger partial charge is 0.120 e. The number of aromatic nitrogens is 3. The van der Waals surface area contributed by atoms with Gasteiger partial charge in [-0.05, 0) is 13.0 Å². The fourth-order valence-electron chi connectivity index (χ4n) is 1.50. The molecular formula is C11H13N3O2. The van der Waals surface area contributed by atoms with Crippen molar-refractivity contribution >= 4 is 0 Å². The number of hydrogen-bond donors (Lipinski definition) is 2. The van der Waals surface area contributed by atoms with E-state index in [0.717, 1.165) is 11.3 Å². The lowest BCUT2D eigenvalue weighted by molar-refractivity contribution is 0.276. The molecule has 0 aliphatic heterocycles. The summed E-state index contributed by atoms with van der Waals surface area (Å²) in [6.45, 7) is 2.17. The Balaban J connectivity index is 2.27. The molecule has 0 unspecified atom stereocenters. The molecule has 16 heavy (non-hydrogen) atoms. The largest absolute Gasteiger partial charge is 0.508 e. The predicted octanol–water partition coefficient (Wildman–Crippen LogP) is 0.833. The first-order chi connectivity index (χ1) is 7.72. The van der Waals surface area contributed by atoms with Crippen LogP contribution in [-0.4, -0.2) is 25.2 Å². The van der Waals surface area contributed by atoms with E-state index < -0.39 is 0 Å². The average molecular weight is 219 g/mol. The molecule has 0 saturated heterocycles. The third kappa shape index (κ3) is 1.90. The van der Waals surface area contributed by atoms with Gasteiger partial charge in [-0.25, -0.2) is 4.68 Å². The van der Waals surface area contributed by atoms with Gasteiger partial charge in [-0.1, -0.05) is 23.4 Å². The molecule has 1 aromatic heterocycles. The molecule has 2 N–H and O–H groups in total. The summed E-state index contributed by atoms with van der Waals surface area (Å²) in [5, 5.41) is 26.4. The molecule has 0 atom stereocenters. The van der Waals surface area contributed by atoms with E-state index in [-0.39, 0.29) is 12.4 Å². The number of hydrogen-bond acceptors (Lipinski definition) is 4. The highest BCUT2D eigenvalue weighted by atomic mass is 16.3. The average Bonchev–Trinajstić information content (AvgIpc) is 2.63. The number of rotatable bonds is 3. The van der Waals surface area contributed by atoms with Gasteiger partial charge in [0.15, 0.2) is 0 Å². The molecule has 1 heterocycles. The van der Waals surface area contributed by atoms with Crippen LogP contribution in [0.4, 0.5) is 0 Å². The maximum absolute atomic E-state index is 9.62. The maximum atomic E-state index is 9.62. The van der Waals surface area contributed by atoms with Crippen LogP contribution in [0.1, 0.15) is 17.0 Å². The quantitative estimate of drug-likeness (QED) is 0.802. The van der Waals surface area contributed by atoms with E-state index >= 15 is 0 Å². The maximum Gasteiger partial charge on any atom is 0.120 e. The number of aliphatic hydroxyl groups excluding tert-OH is 1. The monoisotopic (exact) mass is 219 g/mol. The molecule has 0 fully saturated rings. The van der Waals surface area contributed by atoms with Crippen molar-refractivity contribution in [1.82, 2.24) is 15.0 Å². The first-order valence-corrected chi connectivity index (χ1v) is 4.99. The second-order valence-corrected chi connectivity index (χ2v) is 3.57. The van der Waals surface area contributed by atoms with Gasteiger partial charge in [-0.2, -0.15) is 0 Å². The lowest BCUT2D eigenvalue weighted by Gasteiger charge is -2.05. The predicted molar refractivity (Wildman–Crippen MR) is 57.9 cm³/mol. The summed E-state index contributed by atoms with van der Waals surface area (Å²) in [4.78, 5) is 0. The number of aliphatic hydroxyl groups is 1. The van der Waals surface area contributed by atoms with Crippen LogP contribution in [0.25, 0.3) is 0 Å². The molecule has 84 valence electrons. The highest BCUT2D eigenvalue weighted by Gasteiger charge is 2.09. The Morgan fingerprint density at radius 1 is 1.31 bits per heavy atom. The summed E-state index contributed by atoms with van der Waals surface area (Å²) in [5.74, 6) is 0.239. The Bertz CT molecular complexity index is 494. The third-order valence-electron chi connectivity index (χ3n) is 2.54. The third-order valence-corrected chi connectivity index (χ3v) is 2.54. The van der Waals surface area contributed by atoms with Crippen molar-refractivity contribution < 1.29 is 10.2 Å². The van der Waals surface area contributed by atoms with Crippen LogP contribution in [0.5, 0.6) is 5.75 Å². The van der Waals surface area contributed by atoms with Crippen molar-refractivity contribution in [3.63, 3.8) is 0 Å². The van der Waals surface area contributed by atoms with E-state index in [9.17, 15) is 5.11 Å². The van der Waals surface area contributed by atoms with Crippen LogP contribution in [0.3, 0.4) is 0 Å². The molecule has 0 amide bonds. The van der Waals surface area contributed by atoms with Crippen molar-refractivity contribution in [2.75, 3.05) is 0 Å². The van der Waals surface area contributed by atoms with Gasteiger partial charge in [-0.3, -0.25) is 0 Å². The van der Waals surface area contributed by atoms with Crippen LogP contribution < -0.4 is 0 Å². The zero-order chi connectivity index (χ0) is 11.5. The zero-order valence-electron chi connectivity index (χ0n) is 8.96. The Morgan fingerprint density at radius 3 is 2.69 bits per heavy atom. The summed E-state index contributed by atoms with van der Waals surface area (Å²) in [5.41, 5.74) is 2.15. The summed E-state index contributed by atoms with van der Waals surface area (Å²) >= 11 is 0. The molecule has 5 heteroatoms. The highest BCUT2D eigenvalue weighted by Crippen LogP contribution is 2.17. The molecule has 0 radical (unpaired) electrons. The molecule has 0 spiro atoms. The van der Waals surface area contributed by atoms with Crippen molar-refractivity contribution in [2.24, 2.45) is 0 Å². The Kier molecular flexibility index (Phi) is 2.87. The number of nitrogens with zero attached hydrogens (tertiary/aromatic N) is 3. The van der Waals surface area contributed by atoms with E-state index in [1.807, 2.05) is 19.1 Å². The van der Waals surface area contributed by atoms with E-state index in [1.165, 1.54) is 0 Å². The summed E-state index contributed by atoms with van der Waals surface area (Å²) in [6.07, 6.45) is 0. The summed E-state index contributed by atoms with van der Waals surface area (Å²) in [7, 11) is 0. The molecule has 5 nitrogen and oxygen atoms in total. The van der Waals surface area contributed by atoms with Gasteiger partial charge in [-0.15, -0.1) is 5.10 Å². The van der Waals surface area contributed by atoms with Gasteiger partial charge in [0.1, 0.15) is 11.4 Å². The van der Waals surface area contributed by atoms with Crippen LogP contribution in [0.2, 0.25) is 0 Å². The number of benzene rings is 1. The van der Waals surface area contributed by atoms with Gasteiger partial charge >= 0.3 is 0 Å². The fraction of sp³-hybridized carbons (Fsp3) is 0.273. The van der Waals surface area contributed by atoms with E-state index in [1.54, 1.807) is 16.8 Å². The SMILES string of the molecule is Cc1c(CO)nnn1Cc1ccccc1O. The van der Waals surface area contributed by atoms with Crippen LogP contribution >= 0.6 is 0 Å². The first kappa shape index (κ1) is 10.6. The highest BCUT2D eigenvalue weighted by molar-refractivity contribution is 5.32. The Morgan fingerprint density at radius 2 is 2.06 bits per heavy atom. The van der Waals surface area contributed by atoms with Gasteiger partial charge in [0.25, 0.3) is 0 Å². The molecule has 1 aromatic carbocycles. The lowest BCUT2D eigenvalue weighted by atomic mass is 10.2. The minimum absolute atomic E-state index is 0.118. The molecule has 2 aromatic rings. The zero-order valence-corrected chi connectivity index (χ0v) is 8.96. The van der Waals surface area contributed by atoms with Gasteiger partial charge in [0.05, 0.1) is 18.8 Å². The molecule has 0 aliphatic carbocycles. The topological polar surface area (TPSA) is 71.2 Å². The normalized spacial score (nSPS) is 10.6. The Hall–Kier alpha value is -1.88. The summed E-state index contributed by atoms with van der Waals surface area (Å²) < 4.78 is 1.65. The molecule has 2 rings (SSSR count). The fourth-order valence-corrected chi connectivity index (χ4v) is 1.50. The molecule has 0 saturated carbocycles. The van der Waals surface area contributed by atoms with E-state index in [4.69, 9.17) is 5.11 Å². The van der Waals surface area contributed by atoms with Crippen molar-refractivity contribution in [3.05, 3.63) is 41.2 Å². The molecular weight excluding hydrogens is 206 g/mol. The van der Waals surface area contributed by atoms with Crippen molar-refractivity contribution in [2.45, 2.75) is 20.1 Å². The molecule has 0 aliphatic rings. The van der Waals surface area contributed by atoms with Crippen LogP contribution in [-0.2, 0) is 13.2 Å². The minimum Gasteiger partial charge on any atom is -0.508 e. The lowest BCUT2D eigenvalue weighted by Crippen LogP contribution is -2.04. The van der Waals surface area contributed by atoms with Crippen molar-refractivity contribution in [1.29, 1.82) is 0 Å². The first-order valence-electron chi connectivity index (χ1n) is 4.99. The van der Waals surface area contributed by atoms with Gasteiger partial charge in [0.2, 0.25) is 0 Å². The Labute approximate surface area is 93.0 Å². The molecule has 0 bridgehead atoms. The van der Waals surface area contributed by atoms with Crippen molar-refractivity contribution in [3.8, 4) is 5.75 Å². The van der Waals surface area contributed by atoms with Crippen LogP contribution in [0.15, 0.2) is 24.3 Å². The van der Waals surface area contributed by atoms with Crippen LogP contribution in [0, 0.1) is 6.92 Å².